The number of hydrogen-bond acceptors (Lipinski definition) is 7. The summed E-state index contributed by atoms with van der Waals surface area (Å²) in [6, 6.07) is 7.28. The van der Waals surface area contributed by atoms with E-state index in [0.717, 1.165) is 48.4 Å². The van der Waals surface area contributed by atoms with Crippen molar-refractivity contribution >= 4 is 34.2 Å². The predicted octanol–water partition coefficient (Wildman–Crippen LogP) is 4.13. The van der Waals surface area contributed by atoms with Gasteiger partial charge in [0, 0.05) is 27.6 Å². The fourth-order valence-corrected chi connectivity index (χ4v) is 8.28. The highest BCUT2D eigenvalue weighted by molar-refractivity contribution is 7.85. The minimum absolute atomic E-state index is 0.00842. The lowest BCUT2D eigenvalue weighted by atomic mass is 9.63. The largest absolute Gasteiger partial charge is 0.388 e. The zero-order valence-electron chi connectivity index (χ0n) is 22.9. The van der Waals surface area contributed by atoms with Crippen molar-refractivity contribution in [2.24, 2.45) is 5.41 Å². The summed E-state index contributed by atoms with van der Waals surface area (Å²) < 4.78 is 13.2. The molecule has 2 spiro atoms. The second kappa shape index (κ2) is 9.10. The van der Waals surface area contributed by atoms with Crippen LogP contribution in [0.4, 0.5) is 17.5 Å². The number of nitrogens with zero attached hydrogens (tertiary/aromatic N) is 4. The van der Waals surface area contributed by atoms with Gasteiger partial charge in [-0.1, -0.05) is 6.92 Å². The van der Waals surface area contributed by atoms with Gasteiger partial charge >= 0.3 is 0 Å². The minimum Gasteiger partial charge on any atom is -0.388 e. The molecular formula is C29H39N5O3S. The Kier molecular flexibility index (Phi) is 6.20. The molecule has 2 saturated carbocycles. The van der Waals surface area contributed by atoms with Crippen molar-refractivity contribution in [3.8, 4) is 0 Å². The molecule has 1 amide bonds. The monoisotopic (exact) mass is 537 g/mol. The highest BCUT2D eigenvalue weighted by atomic mass is 32.2. The summed E-state index contributed by atoms with van der Waals surface area (Å²) in [6.07, 6.45) is 7.95. The van der Waals surface area contributed by atoms with Crippen LogP contribution in [-0.2, 0) is 21.0 Å². The number of likely N-dealkylation sites (tertiary alicyclic amines) is 1. The molecule has 204 valence electrons. The molecule has 2 atom stereocenters. The number of hydrogen-bond donors (Lipinski definition) is 2. The van der Waals surface area contributed by atoms with Gasteiger partial charge in [-0.15, -0.1) is 0 Å². The third-order valence-corrected chi connectivity index (χ3v) is 11.3. The van der Waals surface area contributed by atoms with E-state index in [2.05, 4.69) is 22.1 Å². The van der Waals surface area contributed by atoms with Crippen LogP contribution >= 0.6 is 0 Å². The summed E-state index contributed by atoms with van der Waals surface area (Å²) in [7, 11) is -0.999. The molecule has 1 aromatic carbocycles. The number of aromatic nitrogens is 2. The smallest absolute Gasteiger partial charge is 0.239 e. The number of carbonyl (C=O) groups excluding carboxylic acids is 1. The Morgan fingerprint density at radius 1 is 1.16 bits per heavy atom. The first-order valence-electron chi connectivity index (χ1n) is 14.0. The van der Waals surface area contributed by atoms with Crippen LogP contribution in [0.3, 0.4) is 0 Å². The Labute approximate surface area is 227 Å². The van der Waals surface area contributed by atoms with Crippen molar-refractivity contribution in [1.29, 1.82) is 0 Å². The molecule has 1 saturated heterocycles. The number of piperidine rings is 1. The summed E-state index contributed by atoms with van der Waals surface area (Å²) >= 11 is 0. The zero-order valence-corrected chi connectivity index (χ0v) is 23.7. The third kappa shape index (κ3) is 4.27. The van der Waals surface area contributed by atoms with E-state index in [4.69, 9.17) is 4.98 Å². The highest BCUT2D eigenvalue weighted by Crippen LogP contribution is 2.57. The number of rotatable bonds is 7. The Balaban J connectivity index is 1.13. The molecule has 2 unspecified atom stereocenters. The molecule has 8 nitrogen and oxygen atoms in total. The second-order valence-electron chi connectivity index (χ2n) is 12.4. The molecule has 38 heavy (non-hydrogen) atoms. The van der Waals surface area contributed by atoms with Crippen molar-refractivity contribution in [2.75, 3.05) is 29.9 Å². The van der Waals surface area contributed by atoms with Crippen molar-refractivity contribution in [2.45, 2.75) is 93.4 Å². The summed E-state index contributed by atoms with van der Waals surface area (Å²) in [5.74, 6) is 0.991. The summed E-state index contributed by atoms with van der Waals surface area (Å²) in [5, 5.41) is 14.1. The van der Waals surface area contributed by atoms with E-state index in [1.165, 1.54) is 25.9 Å². The molecule has 0 radical (unpaired) electrons. The van der Waals surface area contributed by atoms with Crippen LogP contribution in [0.5, 0.6) is 0 Å². The van der Waals surface area contributed by atoms with Crippen LogP contribution < -0.4 is 10.2 Å². The number of carbonyl (C=O) groups is 1. The van der Waals surface area contributed by atoms with Crippen LogP contribution in [0.25, 0.3) is 0 Å². The van der Waals surface area contributed by atoms with Gasteiger partial charge in [0.1, 0.15) is 5.82 Å². The quantitative estimate of drug-likeness (QED) is 0.548. The molecule has 2 aromatic rings. The van der Waals surface area contributed by atoms with Crippen molar-refractivity contribution in [3.05, 3.63) is 36.0 Å². The molecule has 3 heterocycles. The molecule has 4 aliphatic rings. The fourth-order valence-electron chi connectivity index (χ4n) is 6.48. The van der Waals surface area contributed by atoms with Gasteiger partial charge in [0.05, 0.1) is 27.9 Å². The van der Waals surface area contributed by atoms with Crippen LogP contribution in [0.2, 0.25) is 0 Å². The van der Waals surface area contributed by atoms with Crippen molar-refractivity contribution in [1.82, 2.24) is 14.9 Å². The Bertz CT molecular complexity index is 1250. The van der Waals surface area contributed by atoms with Crippen molar-refractivity contribution < 1.29 is 14.1 Å². The van der Waals surface area contributed by atoms with E-state index >= 15 is 0 Å². The van der Waals surface area contributed by atoms with E-state index in [0.29, 0.717) is 17.2 Å². The average Bonchev–Trinajstić information content (AvgIpc) is 3.65. The molecule has 1 aromatic heterocycles. The first kappa shape index (κ1) is 25.9. The predicted molar refractivity (Wildman–Crippen MR) is 149 cm³/mol. The lowest BCUT2D eigenvalue weighted by Crippen LogP contribution is -2.50. The molecule has 0 bridgehead atoms. The molecule has 3 fully saturated rings. The zero-order chi connectivity index (χ0) is 26.9. The van der Waals surface area contributed by atoms with E-state index in [1.54, 1.807) is 24.9 Å². The Hall–Kier alpha value is -2.36. The number of aliphatic hydroxyl groups is 1. The van der Waals surface area contributed by atoms with Gasteiger partial charge in [-0.2, -0.15) is 4.98 Å². The van der Waals surface area contributed by atoms with Gasteiger partial charge in [0.15, 0.2) is 0 Å². The van der Waals surface area contributed by atoms with E-state index in [9.17, 15) is 14.1 Å². The van der Waals surface area contributed by atoms with E-state index < -0.39 is 27.9 Å². The van der Waals surface area contributed by atoms with Gasteiger partial charge in [0.2, 0.25) is 11.9 Å². The van der Waals surface area contributed by atoms with Crippen LogP contribution in [0.1, 0.15) is 71.8 Å². The van der Waals surface area contributed by atoms with Crippen LogP contribution in [0, 0.1) is 5.41 Å². The standard InChI is InChI=1S/C29H39N5O3S/c1-5-33-14-12-28(13-15-33)16-22(17-28)38(37)21-8-6-20(7-9-21)31-26-30-18-23-24(32-26)34(19(2)27(3,4)36)25(35)29(23)10-11-29/h6-9,18-19,22,36H,5,10-17H2,1-4H3,(H,30,31,32). The Morgan fingerprint density at radius 3 is 2.39 bits per heavy atom. The lowest BCUT2D eigenvalue weighted by Gasteiger charge is -2.51. The maximum Gasteiger partial charge on any atom is 0.239 e. The van der Waals surface area contributed by atoms with Gasteiger partial charge in [0.25, 0.3) is 0 Å². The highest BCUT2D eigenvalue weighted by Gasteiger charge is 2.62. The molecular weight excluding hydrogens is 498 g/mol. The Morgan fingerprint density at radius 2 is 1.82 bits per heavy atom. The molecule has 2 aliphatic carbocycles. The van der Waals surface area contributed by atoms with Gasteiger partial charge in [-0.25, -0.2) is 4.98 Å². The first-order valence-corrected chi connectivity index (χ1v) is 15.2. The third-order valence-electron chi connectivity index (χ3n) is 9.63. The van der Waals surface area contributed by atoms with E-state index in [-0.39, 0.29) is 11.2 Å². The molecule has 2 aliphatic heterocycles. The van der Waals surface area contributed by atoms with Crippen LogP contribution in [-0.4, -0.2) is 66.6 Å². The van der Waals surface area contributed by atoms with Gasteiger partial charge < -0.3 is 15.3 Å². The number of amides is 1. The maximum absolute atomic E-state index is 13.3. The minimum atomic E-state index is -1.07. The maximum atomic E-state index is 13.3. The van der Waals surface area contributed by atoms with Gasteiger partial charge in [-0.3, -0.25) is 13.9 Å². The topological polar surface area (TPSA) is 98.7 Å². The summed E-state index contributed by atoms with van der Waals surface area (Å²) in [6.45, 7) is 11.0. The number of anilines is 3. The van der Waals surface area contributed by atoms with Crippen molar-refractivity contribution in [3.63, 3.8) is 0 Å². The van der Waals surface area contributed by atoms with E-state index in [1.807, 2.05) is 31.2 Å². The normalized spacial score (nSPS) is 23.8. The number of nitrogens with one attached hydrogen (secondary N) is 1. The fraction of sp³-hybridized carbons (Fsp3) is 0.621. The summed E-state index contributed by atoms with van der Waals surface area (Å²) in [5.41, 5.74) is 0.482. The summed E-state index contributed by atoms with van der Waals surface area (Å²) in [4.78, 5) is 27.6. The second-order valence-corrected chi connectivity index (χ2v) is 14.2. The SMILES string of the molecule is CCN1CCC2(CC1)CC(S(=O)c1ccc(Nc3ncc4c(n3)N(C(C)C(C)(C)O)C(=O)C43CC3)cc1)C2. The molecule has 2 N–H and O–H groups in total. The first-order chi connectivity index (χ1) is 18.1. The molecule has 9 heteroatoms. The number of fused-ring (bicyclic) bond motifs is 2. The van der Waals surface area contributed by atoms with Gasteiger partial charge in [-0.05, 0) is 109 Å². The van der Waals surface area contributed by atoms with Crippen LogP contribution in [0.15, 0.2) is 35.4 Å². The average molecular weight is 538 g/mol. The molecule has 6 rings (SSSR count). The number of benzene rings is 1. The lowest BCUT2D eigenvalue weighted by molar-refractivity contribution is -0.121.